The SMILES string of the molecule is CCCC(CC)NC=O.CN1CCC(C(=N)c2ccc(F)cc2N)CC1. The summed E-state index contributed by atoms with van der Waals surface area (Å²) in [4.78, 5) is 12.2. The zero-order valence-electron chi connectivity index (χ0n) is 16.2. The summed E-state index contributed by atoms with van der Waals surface area (Å²) in [6.07, 6.45) is 6.00. The highest BCUT2D eigenvalue weighted by atomic mass is 19.1. The van der Waals surface area contributed by atoms with Crippen LogP contribution < -0.4 is 11.1 Å². The number of hydrogen-bond acceptors (Lipinski definition) is 4. The zero-order valence-corrected chi connectivity index (χ0v) is 16.2. The van der Waals surface area contributed by atoms with Crippen LogP contribution in [0.3, 0.4) is 0 Å². The van der Waals surface area contributed by atoms with Crippen molar-refractivity contribution in [1.29, 1.82) is 5.41 Å². The van der Waals surface area contributed by atoms with Crippen molar-refractivity contribution in [3.8, 4) is 0 Å². The van der Waals surface area contributed by atoms with Gasteiger partial charge in [0.05, 0.1) is 0 Å². The lowest BCUT2D eigenvalue weighted by atomic mass is 9.88. The molecular weight excluding hydrogens is 331 g/mol. The van der Waals surface area contributed by atoms with Crippen LogP contribution in [-0.2, 0) is 4.79 Å². The van der Waals surface area contributed by atoms with E-state index in [-0.39, 0.29) is 11.7 Å². The minimum Gasteiger partial charge on any atom is -0.398 e. The zero-order chi connectivity index (χ0) is 19.5. The predicted molar refractivity (Wildman–Crippen MR) is 106 cm³/mol. The number of benzene rings is 1. The van der Waals surface area contributed by atoms with E-state index in [4.69, 9.17) is 11.1 Å². The molecule has 1 unspecified atom stereocenters. The number of amides is 1. The summed E-state index contributed by atoms with van der Waals surface area (Å²) in [5, 5.41) is 10.9. The van der Waals surface area contributed by atoms with E-state index in [2.05, 4.69) is 31.1 Å². The van der Waals surface area contributed by atoms with Crippen molar-refractivity contribution in [1.82, 2.24) is 10.2 Å². The van der Waals surface area contributed by atoms with E-state index in [1.165, 1.54) is 12.1 Å². The van der Waals surface area contributed by atoms with Crippen LogP contribution in [0.1, 0.15) is 51.5 Å². The highest BCUT2D eigenvalue weighted by molar-refractivity contribution is 6.04. The first kappa shape index (κ1) is 22.1. The van der Waals surface area contributed by atoms with Crippen molar-refractivity contribution in [3.63, 3.8) is 0 Å². The van der Waals surface area contributed by atoms with Gasteiger partial charge in [0.15, 0.2) is 0 Å². The summed E-state index contributed by atoms with van der Waals surface area (Å²) in [7, 11) is 2.09. The molecule has 0 saturated carbocycles. The van der Waals surface area contributed by atoms with Gasteiger partial charge in [0, 0.05) is 28.9 Å². The van der Waals surface area contributed by atoms with Crippen LogP contribution in [0.2, 0.25) is 0 Å². The Hall–Kier alpha value is -1.95. The molecule has 1 amide bonds. The number of likely N-dealkylation sites (tertiary alicyclic amines) is 1. The monoisotopic (exact) mass is 364 g/mol. The van der Waals surface area contributed by atoms with Gasteiger partial charge in [-0.25, -0.2) is 4.39 Å². The number of hydrogen-bond donors (Lipinski definition) is 3. The lowest BCUT2D eigenvalue weighted by Gasteiger charge is -2.29. The molecule has 1 saturated heterocycles. The van der Waals surface area contributed by atoms with Gasteiger partial charge >= 0.3 is 0 Å². The molecule has 0 radical (unpaired) electrons. The summed E-state index contributed by atoms with van der Waals surface area (Å²) >= 11 is 0. The molecule has 146 valence electrons. The molecule has 4 N–H and O–H groups in total. The first-order valence-corrected chi connectivity index (χ1v) is 9.44. The second-order valence-corrected chi connectivity index (χ2v) is 6.90. The van der Waals surface area contributed by atoms with Crippen molar-refractivity contribution in [2.24, 2.45) is 5.92 Å². The van der Waals surface area contributed by atoms with E-state index in [0.717, 1.165) is 51.6 Å². The third-order valence-corrected chi connectivity index (χ3v) is 4.86. The van der Waals surface area contributed by atoms with Gasteiger partial charge in [0.1, 0.15) is 5.82 Å². The number of nitrogen functional groups attached to an aromatic ring is 1. The number of carbonyl (C=O) groups excluding carboxylic acids is 1. The van der Waals surface area contributed by atoms with Gasteiger partial charge in [-0.2, -0.15) is 0 Å². The number of carbonyl (C=O) groups is 1. The lowest BCUT2D eigenvalue weighted by molar-refractivity contribution is -0.110. The number of nitrogens with one attached hydrogen (secondary N) is 2. The maximum absolute atomic E-state index is 12.9. The number of rotatable bonds is 7. The Labute approximate surface area is 156 Å². The lowest BCUT2D eigenvalue weighted by Crippen LogP contribution is -2.33. The average molecular weight is 365 g/mol. The fourth-order valence-electron chi connectivity index (χ4n) is 3.15. The summed E-state index contributed by atoms with van der Waals surface area (Å²) in [5.74, 6) is -0.0959. The quantitative estimate of drug-likeness (QED) is 0.394. The molecule has 0 aromatic heterocycles. The molecule has 0 bridgehead atoms. The number of halogens is 1. The number of anilines is 1. The summed E-state index contributed by atoms with van der Waals surface area (Å²) in [5.41, 5.74) is 7.37. The second kappa shape index (κ2) is 11.6. The van der Waals surface area contributed by atoms with Gasteiger partial charge in [-0.1, -0.05) is 20.3 Å². The minimum absolute atomic E-state index is 0.249. The molecule has 6 heteroatoms. The van der Waals surface area contributed by atoms with Crippen molar-refractivity contribution in [2.45, 2.75) is 52.0 Å². The highest BCUT2D eigenvalue weighted by Crippen LogP contribution is 2.24. The first-order chi connectivity index (χ1) is 12.4. The van der Waals surface area contributed by atoms with E-state index < -0.39 is 0 Å². The van der Waals surface area contributed by atoms with Crippen LogP contribution in [0.25, 0.3) is 0 Å². The highest BCUT2D eigenvalue weighted by Gasteiger charge is 2.22. The molecule has 1 aromatic rings. The van der Waals surface area contributed by atoms with E-state index in [9.17, 15) is 9.18 Å². The standard InChI is InChI=1S/C13H18FN3.C7H15NO/c1-17-6-4-9(5-7-17)13(16)11-3-2-10(14)8-12(11)15;1-3-5-7(4-2)8-6-9/h2-3,8-9,16H,4-7,15H2,1H3;6-7H,3-5H2,1-2H3,(H,8,9). The van der Waals surface area contributed by atoms with E-state index in [0.29, 0.717) is 23.0 Å². The van der Waals surface area contributed by atoms with E-state index >= 15 is 0 Å². The topological polar surface area (TPSA) is 82.2 Å². The van der Waals surface area contributed by atoms with Gasteiger partial charge in [-0.05, 0) is 64.0 Å². The van der Waals surface area contributed by atoms with Gasteiger partial charge in [0.2, 0.25) is 6.41 Å². The normalized spacial score (nSPS) is 16.3. The van der Waals surface area contributed by atoms with Gasteiger partial charge in [0.25, 0.3) is 0 Å². The average Bonchev–Trinajstić information content (AvgIpc) is 2.62. The van der Waals surface area contributed by atoms with Gasteiger partial charge in [-0.15, -0.1) is 0 Å². The summed E-state index contributed by atoms with van der Waals surface area (Å²) in [6.45, 7) is 6.22. The van der Waals surface area contributed by atoms with E-state index in [1.807, 2.05) is 0 Å². The van der Waals surface area contributed by atoms with Crippen LogP contribution in [-0.4, -0.2) is 43.2 Å². The van der Waals surface area contributed by atoms with Gasteiger partial charge < -0.3 is 21.4 Å². The Kier molecular flexibility index (Phi) is 9.88. The van der Waals surface area contributed by atoms with Crippen LogP contribution >= 0.6 is 0 Å². The Balaban J connectivity index is 0.000000321. The molecule has 0 aliphatic carbocycles. The number of nitrogens with two attached hydrogens (primary N) is 1. The van der Waals surface area contributed by atoms with Crippen molar-refractivity contribution in [3.05, 3.63) is 29.6 Å². The third kappa shape index (κ3) is 7.12. The van der Waals surface area contributed by atoms with Crippen LogP contribution in [0.5, 0.6) is 0 Å². The molecule has 1 atom stereocenters. The first-order valence-electron chi connectivity index (χ1n) is 9.44. The molecule has 5 nitrogen and oxygen atoms in total. The maximum Gasteiger partial charge on any atom is 0.207 e. The molecule has 1 aliphatic rings. The smallest absolute Gasteiger partial charge is 0.207 e. The summed E-state index contributed by atoms with van der Waals surface area (Å²) < 4.78 is 12.9. The molecule has 1 aromatic carbocycles. The fourth-order valence-corrected chi connectivity index (χ4v) is 3.15. The minimum atomic E-state index is -0.345. The van der Waals surface area contributed by atoms with Crippen molar-refractivity contribution < 1.29 is 9.18 Å². The fraction of sp³-hybridized carbons (Fsp3) is 0.600. The van der Waals surface area contributed by atoms with Crippen LogP contribution in [0.4, 0.5) is 10.1 Å². The molecular formula is C20H33FN4O. The summed E-state index contributed by atoms with van der Waals surface area (Å²) in [6, 6.07) is 4.67. The largest absolute Gasteiger partial charge is 0.398 e. The predicted octanol–water partition coefficient (Wildman–Crippen LogP) is 3.43. The molecule has 1 heterocycles. The van der Waals surface area contributed by atoms with Crippen molar-refractivity contribution >= 4 is 17.8 Å². The Morgan fingerprint density at radius 1 is 1.42 bits per heavy atom. The third-order valence-electron chi connectivity index (χ3n) is 4.86. The number of piperidine rings is 1. The van der Waals surface area contributed by atoms with Gasteiger partial charge in [-0.3, -0.25) is 4.79 Å². The molecule has 2 rings (SSSR count). The Morgan fingerprint density at radius 3 is 2.58 bits per heavy atom. The molecule has 1 fully saturated rings. The Morgan fingerprint density at radius 2 is 2.08 bits per heavy atom. The maximum atomic E-state index is 12.9. The molecule has 1 aliphatic heterocycles. The molecule has 26 heavy (non-hydrogen) atoms. The second-order valence-electron chi connectivity index (χ2n) is 6.90. The number of nitrogens with zero attached hydrogens (tertiary/aromatic N) is 1. The Bertz CT molecular complexity index is 571. The molecule has 0 spiro atoms. The van der Waals surface area contributed by atoms with Crippen LogP contribution in [0.15, 0.2) is 18.2 Å². The van der Waals surface area contributed by atoms with Crippen LogP contribution in [0, 0.1) is 17.1 Å². The van der Waals surface area contributed by atoms with Crippen molar-refractivity contribution in [2.75, 3.05) is 25.9 Å². The van der Waals surface area contributed by atoms with E-state index in [1.54, 1.807) is 6.07 Å².